The second-order valence-electron chi connectivity index (χ2n) is 3.02. The summed E-state index contributed by atoms with van der Waals surface area (Å²) in [4.78, 5) is 10.6. The van der Waals surface area contributed by atoms with Crippen LogP contribution in [-0.2, 0) is 14.3 Å². The molecule has 1 fully saturated rings. The number of hydrogen-bond acceptors (Lipinski definition) is 3. The van der Waals surface area contributed by atoms with E-state index in [2.05, 4.69) is 4.74 Å². The number of esters is 1. The average molecular weight is 156 g/mol. The molecule has 0 bridgehead atoms. The molecule has 1 atom stereocenters. The predicted molar refractivity (Wildman–Crippen MR) is 40.1 cm³/mol. The molecular weight excluding hydrogens is 144 g/mol. The Morgan fingerprint density at radius 3 is 2.55 bits per heavy atom. The van der Waals surface area contributed by atoms with Gasteiger partial charge in [-0.3, -0.25) is 0 Å². The minimum atomic E-state index is -0.337. The first-order chi connectivity index (χ1) is 5.06. The largest absolute Gasteiger partial charge is 0.466 e. The van der Waals surface area contributed by atoms with Crippen molar-refractivity contribution >= 4 is 5.97 Å². The molecule has 0 radical (unpaired) electrons. The van der Waals surface area contributed by atoms with Crippen molar-refractivity contribution in [1.82, 2.24) is 0 Å². The quantitative estimate of drug-likeness (QED) is 0.338. The number of methoxy groups -OCH3 is 1. The molecule has 1 heterocycles. The molecule has 0 N–H and O–H groups in total. The highest BCUT2D eigenvalue weighted by molar-refractivity contribution is 5.81. The van der Waals surface area contributed by atoms with E-state index in [4.69, 9.17) is 4.74 Å². The van der Waals surface area contributed by atoms with Crippen molar-refractivity contribution in [1.29, 1.82) is 0 Å². The van der Waals surface area contributed by atoms with Gasteiger partial charge in [0.1, 0.15) is 6.10 Å². The van der Waals surface area contributed by atoms with Crippen LogP contribution in [-0.4, -0.2) is 24.8 Å². The number of carbonyl (C=O) groups excluding carboxylic acids is 1. The molecule has 0 aromatic rings. The van der Waals surface area contributed by atoms with Crippen molar-refractivity contribution in [2.75, 3.05) is 7.11 Å². The fourth-order valence-electron chi connectivity index (χ4n) is 0.798. The minimum Gasteiger partial charge on any atom is -0.466 e. The second kappa shape index (κ2) is 2.66. The van der Waals surface area contributed by atoms with E-state index < -0.39 is 0 Å². The molecule has 0 saturated carbocycles. The van der Waals surface area contributed by atoms with Crippen molar-refractivity contribution in [3.63, 3.8) is 0 Å². The molecule has 0 aromatic heterocycles. The Hall–Kier alpha value is -0.830. The third-order valence-electron chi connectivity index (χ3n) is 1.67. The van der Waals surface area contributed by atoms with Crippen molar-refractivity contribution in [3.05, 3.63) is 12.2 Å². The maximum Gasteiger partial charge on any atom is 0.330 e. The van der Waals surface area contributed by atoms with E-state index in [1.165, 1.54) is 13.2 Å². The van der Waals surface area contributed by atoms with Crippen molar-refractivity contribution in [3.8, 4) is 0 Å². The first kappa shape index (κ1) is 8.27. The molecule has 1 saturated heterocycles. The standard InChI is InChI=1S/C8H12O3/c1-8(2)6(11-8)4-5-7(9)10-3/h4-6H,1-3H3/b5-4+. The van der Waals surface area contributed by atoms with Gasteiger partial charge in [-0.05, 0) is 19.9 Å². The fraction of sp³-hybridized carbons (Fsp3) is 0.625. The summed E-state index contributed by atoms with van der Waals surface area (Å²) in [6.07, 6.45) is 3.17. The summed E-state index contributed by atoms with van der Waals surface area (Å²) in [5.41, 5.74) is -0.0927. The first-order valence-corrected chi connectivity index (χ1v) is 3.50. The van der Waals surface area contributed by atoms with Crippen molar-refractivity contribution < 1.29 is 14.3 Å². The normalized spacial score (nSPS) is 27.0. The maximum atomic E-state index is 10.6. The molecule has 11 heavy (non-hydrogen) atoms. The smallest absolute Gasteiger partial charge is 0.330 e. The van der Waals surface area contributed by atoms with Crippen LogP contribution in [0, 0.1) is 0 Å². The molecule has 0 amide bonds. The van der Waals surface area contributed by atoms with Crippen LogP contribution in [0.15, 0.2) is 12.2 Å². The molecule has 1 unspecified atom stereocenters. The molecule has 62 valence electrons. The summed E-state index contributed by atoms with van der Waals surface area (Å²) >= 11 is 0. The summed E-state index contributed by atoms with van der Waals surface area (Å²) in [5, 5.41) is 0. The van der Waals surface area contributed by atoms with Crippen molar-refractivity contribution in [2.24, 2.45) is 0 Å². The average Bonchev–Trinajstić information content (AvgIpc) is 2.54. The van der Waals surface area contributed by atoms with Crippen molar-refractivity contribution in [2.45, 2.75) is 25.6 Å². The fourth-order valence-corrected chi connectivity index (χ4v) is 0.798. The lowest BCUT2D eigenvalue weighted by Crippen LogP contribution is -2.01. The zero-order valence-corrected chi connectivity index (χ0v) is 6.96. The molecule has 1 aliphatic heterocycles. The van der Waals surface area contributed by atoms with E-state index in [1.54, 1.807) is 6.08 Å². The van der Waals surface area contributed by atoms with Gasteiger partial charge < -0.3 is 9.47 Å². The van der Waals surface area contributed by atoms with Gasteiger partial charge in [0, 0.05) is 6.08 Å². The van der Waals surface area contributed by atoms with E-state index in [-0.39, 0.29) is 17.7 Å². The van der Waals surface area contributed by atoms with Gasteiger partial charge in [0.15, 0.2) is 0 Å². The van der Waals surface area contributed by atoms with Crippen LogP contribution in [0.25, 0.3) is 0 Å². The minimum absolute atomic E-state index is 0.0709. The van der Waals surface area contributed by atoms with E-state index in [0.29, 0.717) is 0 Å². The highest BCUT2D eigenvalue weighted by Gasteiger charge is 2.45. The predicted octanol–water partition coefficient (Wildman–Crippen LogP) is 0.893. The van der Waals surface area contributed by atoms with Gasteiger partial charge in [0.25, 0.3) is 0 Å². The Balaban J connectivity index is 2.33. The Kier molecular flexibility index (Phi) is 2.00. The Morgan fingerprint density at radius 1 is 1.64 bits per heavy atom. The van der Waals surface area contributed by atoms with Crippen LogP contribution in [0.3, 0.4) is 0 Å². The molecule has 3 heteroatoms. The van der Waals surface area contributed by atoms with Gasteiger partial charge in [0.2, 0.25) is 0 Å². The van der Waals surface area contributed by atoms with E-state index in [0.717, 1.165) is 0 Å². The van der Waals surface area contributed by atoms with E-state index in [1.807, 2.05) is 13.8 Å². The molecule has 3 nitrogen and oxygen atoms in total. The van der Waals surface area contributed by atoms with Crippen LogP contribution in [0.4, 0.5) is 0 Å². The van der Waals surface area contributed by atoms with Gasteiger partial charge in [-0.2, -0.15) is 0 Å². The number of rotatable bonds is 2. The zero-order valence-electron chi connectivity index (χ0n) is 6.96. The van der Waals surface area contributed by atoms with Gasteiger partial charge in [-0.15, -0.1) is 0 Å². The number of epoxide rings is 1. The number of carbonyl (C=O) groups is 1. The third-order valence-corrected chi connectivity index (χ3v) is 1.67. The molecule has 0 aromatic carbocycles. The van der Waals surface area contributed by atoms with E-state index >= 15 is 0 Å². The van der Waals surface area contributed by atoms with Crippen LogP contribution >= 0.6 is 0 Å². The van der Waals surface area contributed by atoms with Gasteiger partial charge in [-0.1, -0.05) is 0 Å². The van der Waals surface area contributed by atoms with E-state index in [9.17, 15) is 4.79 Å². The Bertz CT molecular complexity index is 194. The summed E-state index contributed by atoms with van der Waals surface area (Å²) in [6.45, 7) is 3.94. The van der Waals surface area contributed by atoms with Crippen LogP contribution in [0.5, 0.6) is 0 Å². The lowest BCUT2D eigenvalue weighted by Gasteiger charge is -1.89. The van der Waals surface area contributed by atoms with Gasteiger partial charge >= 0.3 is 5.97 Å². The molecule has 0 spiro atoms. The number of ether oxygens (including phenoxy) is 2. The Morgan fingerprint density at radius 2 is 2.18 bits per heavy atom. The van der Waals surface area contributed by atoms with Crippen LogP contribution in [0.1, 0.15) is 13.8 Å². The summed E-state index contributed by atoms with van der Waals surface area (Å²) < 4.78 is 9.62. The maximum absolute atomic E-state index is 10.6. The lowest BCUT2D eigenvalue weighted by molar-refractivity contribution is -0.134. The SMILES string of the molecule is COC(=O)/C=C/C1OC1(C)C. The van der Waals surface area contributed by atoms with Crippen LogP contribution in [0.2, 0.25) is 0 Å². The summed E-state index contributed by atoms with van der Waals surface area (Å²) in [5.74, 6) is -0.337. The third kappa shape index (κ3) is 2.05. The Labute approximate surface area is 66.0 Å². The molecular formula is C8H12O3. The highest BCUT2D eigenvalue weighted by atomic mass is 16.6. The molecule has 0 aliphatic carbocycles. The van der Waals surface area contributed by atoms with Gasteiger partial charge in [-0.25, -0.2) is 4.79 Å². The lowest BCUT2D eigenvalue weighted by atomic mass is 10.1. The zero-order chi connectivity index (χ0) is 8.48. The topological polar surface area (TPSA) is 38.8 Å². The monoisotopic (exact) mass is 156 g/mol. The number of hydrogen-bond donors (Lipinski definition) is 0. The van der Waals surface area contributed by atoms with Gasteiger partial charge in [0.05, 0.1) is 12.7 Å². The van der Waals surface area contributed by atoms with Crippen LogP contribution < -0.4 is 0 Å². The molecule has 1 aliphatic rings. The summed E-state index contributed by atoms with van der Waals surface area (Å²) in [7, 11) is 1.35. The highest BCUT2D eigenvalue weighted by Crippen LogP contribution is 2.35. The second-order valence-corrected chi connectivity index (χ2v) is 3.02. The first-order valence-electron chi connectivity index (χ1n) is 3.50. The molecule has 1 rings (SSSR count). The summed E-state index contributed by atoms with van der Waals surface area (Å²) in [6, 6.07) is 0.